The fourth-order valence-corrected chi connectivity index (χ4v) is 1.79. The van der Waals surface area contributed by atoms with Crippen LogP contribution in [0.25, 0.3) is 11.0 Å². The Hall–Kier alpha value is -1.58. The van der Waals surface area contributed by atoms with Crippen molar-refractivity contribution in [3.63, 3.8) is 0 Å². The van der Waals surface area contributed by atoms with E-state index in [0.717, 1.165) is 16.9 Å². The lowest BCUT2D eigenvalue weighted by Gasteiger charge is -2.10. The maximum absolute atomic E-state index is 5.65. The van der Waals surface area contributed by atoms with Gasteiger partial charge in [0.2, 0.25) is 0 Å². The molecule has 0 atom stereocenters. The molecule has 4 nitrogen and oxygen atoms in total. The molecule has 4 heteroatoms. The Morgan fingerprint density at radius 3 is 2.79 bits per heavy atom. The van der Waals surface area contributed by atoms with Crippen molar-refractivity contribution in [3.05, 3.63) is 18.1 Å². The summed E-state index contributed by atoms with van der Waals surface area (Å²) in [6.45, 7) is 6.26. The second-order valence-corrected chi connectivity index (χ2v) is 3.72. The third kappa shape index (κ3) is 1.23. The van der Waals surface area contributed by atoms with Gasteiger partial charge in [0, 0.05) is 12.1 Å². The summed E-state index contributed by atoms with van der Waals surface area (Å²) in [6, 6.07) is 2.26. The molecule has 0 unspecified atom stereocenters. The topological polar surface area (TPSA) is 56.7 Å². The first-order valence-electron chi connectivity index (χ1n) is 4.69. The number of pyridine rings is 1. The van der Waals surface area contributed by atoms with E-state index in [2.05, 4.69) is 28.4 Å². The SMILES string of the molecule is Cc1nc2cnc(N)cc2n1C(C)C. The highest BCUT2D eigenvalue weighted by Crippen LogP contribution is 2.20. The molecule has 0 radical (unpaired) electrons. The standard InChI is InChI=1S/C10H14N4/c1-6(2)14-7(3)13-8-5-12-10(11)4-9(8)14/h4-6H,1-3H3,(H2,11,12). The molecule has 0 bridgehead atoms. The number of hydrogen-bond acceptors (Lipinski definition) is 3. The molecular formula is C10H14N4. The molecule has 0 saturated carbocycles. The fourth-order valence-electron chi connectivity index (χ4n) is 1.79. The number of hydrogen-bond donors (Lipinski definition) is 1. The number of aromatic nitrogens is 3. The van der Waals surface area contributed by atoms with Crippen LogP contribution in [0.4, 0.5) is 5.82 Å². The number of aryl methyl sites for hydroxylation is 1. The van der Waals surface area contributed by atoms with Gasteiger partial charge in [0.1, 0.15) is 17.2 Å². The van der Waals surface area contributed by atoms with Gasteiger partial charge in [-0.3, -0.25) is 0 Å². The van der Waals surface area contributed by atoms with E-state index in [1.807, 2.05) is 13.0 Å². The lowest BCUT2D eigenvalue weighted by molar-refractivity contribution is 0.600. The molecule has 0 amide bonds. The largest absolute Gasteiger partial charge is 0.384 e. The highest BCUT2D eigenvalue weighted by molar-refractivity contribution is 5.77. The molecule has 0 fully saturated rings. The molecular weight excluding hydrogens is 176 g/mol. The minimum absolute atomic E-state index is 0.391. The highest BCUT2D eigenvalue weighted by atomic mass is 15.1. The van der Waals surface area contributed by atoms with Gasteiger partial charge in [-0.2, -0.15) is 0 Å². The van der Waals surface area contributed by atoms with Gasteiger partial charge in [-0.15, -0.1) is 0 Å². The monoisotopic (exact) mass is 190 g/mol. The smallest absolute Gasteiger partial charge is 0.125 e. The van der Waals surface area contributed by atoms with E-state index in [1.54, 1.807) is 6.20 Å². The zero-order valence-electron chi connectivity index (χ0n) is 8.65. The summed E-state index contributed by atoms with van der Waals surface area (Å²) in [5.74, 6) is 1.54. The van der Waals surface area contributed by atoms with Gasteiger partial charge in [0.05, 0.1) is 11.7 Å². The van der Waals surface area contributed by atoms with Gasteiger partial charge in [0.15, 0.2) is 0 Å². The Bertz CT molecular complexity index is 470. The van der Waals surface area contributed by atoms with Crippen molar-refractivity contribution in [1.29, 1.82) is 0 Å². The van der Waals surface area contributed by atoms with Crippen LogP contribution >= 0.6 is 0 Å². The third-order valence-corrected chi connectivity index (χ3v) is 2.29. The fraction of sp³-hybridized carbons (Fsp3) is 0.400. The summed E-state index contributed by atoms with van der Waals surface area (Å²) in [5, 5.41) is 0. The van der Waals surface area contributed by atoms with Crippen molar-refractivity contribution in [2.45, 2.75) is 26.8 Å². The van der Waals surface area contributed by atoms with E-state index >= 15 is 0 Å². The zero-order valence-corrected chi connectivity index (χ0v) is 8.65. The van der Waals surface area contributed by atoms with Crippen LogP contribution in [0.3, 0.4) is 0 Å². The van der Waals surface area contributed by atoms with Gasteiger partial charge in [-0.1, -0.05) is 0 Å². The average molecular weight is 190 g/mol. The Morgan fingerprint density at radius 2 is 2.14 bits per heavy atom. The molecule has 2 heterocycles. The van der Waals surface area contributed by atoms with E-state index in [4.69, 9.17) is 5.73 Å². The average Bonchev–Trinajstić information content (AvgIpc) is 2.40. The molecule has 0 saturated heterocycles. The van der Waals surface area contributed by atoms with Crippen LogP contribution in [0.5, 0.6) is 0 Å². The van der Waals surface area contributed by atoms with E-state index < -0.39 is 0 Å². The summed E-state index contributed by atoms with van der Waals surface area (Å²) < 4.78 is 2.16. The Balaban J connectivity index is 2.79. The first-order valence-corrected chi connectivity index (χ1v) is 4.69. The summed E-state index contributed by atoms with van der Waals surface area (Å²) in [7, 11) is 0. The second kappa shape index (κ2) is 2.97. The second-order valence-electron chi connectivity index (χ2n) is 3.72. The Labute approximate surface area is 82.8 Å². The number of nitrogens with two attached hydrogens (primary N) is 1. The van der Waals surface area contributed by atoms with Crippen molar-refractivity contribution in [1.82, 2.24) is 14.5 Å². The lowest BCUT2D eigenvalue weighted by Crippen LogP contribution is -2.03. The minimum atomic E-state index is 0.391. The molecule has 2 rings (SSSR count). The van der Waals surface area contributed by atoms with Gasteiger partial charge < -0.3 is 10.3 Å². The van der Waals surface area contributed by atoms with Crippen LogP contribution in [-0.4, -0.2) is 14.5 Å². The minimum Gasteiger partial charge on any atom is -0.384 e. The van der Waals surface area contributed by atoms with Gasteiger partial charge >= 0.3 is 0 Å². The number of anilines is 1. The highest BCUT2D eigenvalue weighted by Gasteiger charge is 2.10. The summed E-state index contributed by atoms with van der Waals surface area (Å²) in [5.41, 5.74) is 7.62. The van der Waals surface area contributed by atoms with Crippen LogP contribution < -0.4 is 5.73 Å². The number of rotatable bonds is 1. The number of nitrogens with zero attached hydrogens (tertiary/aromatic N) is 3. The quantitative estimate of drug-likeness (QED) is 0.747. The molecule has 2 N–H and O–H groups in total. The first kappa shape index (κ1) is 8.99. The molecule has 0 aromatic carbocycles. The van der Waals surface area contributed by atoms with E-state index in [0.29, 0.717) is 11.9 Å². The maximum atomic E-state index is 5.65. The van der Waals surface area contributed by atoms with Crippen LogP contribution in [0.1, 0.15) is 25.7 Å². The number of fused-ring (bicyclic) bond motifs is 1. The van der Waals surface area contributed by atoms with Crippen LogP contribution in [-0.2, 0) is 0 Å². The predicted molar refractivity (Wildman–Crippen MR) is 57.1 cm³/mol. The maximum Gasteiger partial charge on any atom is 0.125 e. The van der Waals surface area contributed by atoms with E-state index in [1.165, 1.54) is 0 Å². The lowest BCUT2D eigenvalue weighted by atomic mass is 10.3. The molecule has 0 aliphatic rings. The van der Waals surface area contributed by atoms with Gasteiger partial charge in [0.25, 0.3) is 0 Å². The van der Waals surface area contributed by atoms with Crippen molar-refractivity contribution in [2.24, 2.45) is 0 Å². The third-order valence-electron chi connectivity index (χ3n) is 2.29. The molecule has 2 aromatic rings. The Morgan fingerprint density at radius 1 is 1.43 bits per heavy atom. The number of imidazole rings is 1. The summed E-state index contributed by atoms with van der Waals surface area (Å²) >= 11 is 0. The molecule has 2 aromatic heterocycles. The first-order chi connectivity index (χ1) is 6.59. The molecule has 0 spiro atoms. The summed E-state index contributed by atoms with van der Waals surface area (Å²) in [4.78, 5) is 8.44. The summed E-state index contributed by atoms with van der Waals surface area (Å²) in [6.07, 6.45) is 1.72. The molecule has 14 heavy (non-hydrogen) atoms. The number of nitrogen functional groups attached to an aromatic ring is 1. The van der Waals surface area contributed by atoms with Gasteiger partial charge in [-0.05, 0) is 20.8 Å². The zero-order chi connectivity index (χ0) is 10.3. The van der Waals surface area contributed by atoms with Crippen molar-refractivity contribution in [2.75, 3.05) is 5.73 Å². The van der Waals surface area contributed by atoms with Crippen molar-refractivity contribution in [3.8, 4) is 0 Å². The van der Waals surface area contributed by atoms with E-state index in [9.17, 15) is 0 Å². The van der Waals surface area contributed by atoms with Crippen molar-refractivity contribution < 1.29 is 0 Å². The predicted octanol–water partition coefficient (Wildman–Crippen LogP) is 1.90. The van der Waals surface area contributed by atoms with Crippen molar-refractivity contribution >= 4 is 16.9 Å². The normalized spacial score (nSPS) is 11.4. The molecule has 74 valence electrons. The van der Waals surface area contributed by atoms with E-state index in [-0.39, 0.29) is 0 Å². The molecule has 0 aliphatic carbocycles. The van der Waals surface area contributed by atoms with Crippen LogP contribution in [0.2, 0.25) is 0 Å². The Kier molecular flexibility index (Phi) is 1.91. The molecule has 0 aliphatic heterocycles. The van der Waals surface area contributed by atoms with Gasteiger partial charge in [-0.25, -0.2) is 9.97 Å². The van der Waals surface area contributed by atoms with Crippen LogP contribution in [0, 0.1) is 6.92 Å². The van der Waals surface area contributed by atoms with Crippen LogP contribution in [0.15, 0.2) is 12.3 Å².